The Morgan fingerprint density at radius 1 is 1.48 bits per heavy atom. The molecular weight excluding hydrogens is 286 g/mol. The average Bonchev–Trinajstić information content (AvgIpc) is 2.98. The Bertz CT molecular complexity index is 584. The molecule has 0 radical (unpaired) electrons. The number of anilines is 1. The second kappa shape index (κ2) is 6.41. The quantitative estimate of drug-likeness (QED) is 0.883. The summed E-state index contributed by atoms with van der Waals surface area (Å²) in [6.45, 7) is 7.39. The van der Waals surface area contributed by atoms with Gasteiger partial charge in [0, 0.05) is 11.5 Å². The van der Waals surface area contributed by atoms with Crippen LogP contribution in [0.15, 0.2) is 28.1 Å². The third kappa shape index (κ3) is 4.68. The normalized spacial score (nSPS) is 13.1. The fraction of sp³-hybridized carbons (Fsp3) is 0.467. The van der Waals surface area contributed by atoms with Gasteiger partial charge in [0.25, 0.3) is 5.91 Å². The van der Waals surface area contributed by atoms with Crippen molar-refractivity contribution in [3.05, 3.63) is 34.2 Å². The topological polar surface area (TPSA) is 59.6 Å². The van der Waals surface area contributed by atoms with Crippen molar-refractivity contribution in [2.45, 2.75) is 32.7 Å². The van der Waals surface area contributed by atoms with Gasteiger partial charge in [-0.1, -0.05) is 32.0 Å². The summed E-state index contributed by atoms with van der Waals surface area (Å²) < 4.78 is 5.16. The van der Waals surface area contributed by atoms with E-state index in [-0.39, 0.29) is 11.3 Å². The molecule has 0 saturated heterocycles. The highest BCUT2D eigenvalue weighted by atomic mass is 32.1. The van der Waals surface area contributed by atoms with E-state index in [9.17, 15) is 4.79 Å². The van der Waals surface area contributed by atoms with Crippen molar-refractivity contribution in [3.8, 4) is 0 Å². The van der Waals surface area contributed by atoms with Gasteiger partial charge in [-0.3, -0.25) is 10.1 Å². The van der Waals surface area contributed by atoms with Crippen LogP contribution in [0, 0.1) is 0 Å². The smallest absolute Gasteiger partial charge is 0.281 e. The van der Waals surface area contributed by atoms with Gasteiger partial charge in [-0.25, -0.2) is 0 Å². The Morgan fingerprint density at radius 3 is 2.81 bits per heavy atom. The maximum Gasteiger partial charge on any atom is 0.281 e. The lowest BCUT2D eigenvalue weighted by atomic mass is 9.92. The number of nitrogens with zero attached hydrogens (tertiary/aromatic N) is 1. The molecule has 0 spiro atoms. The summed E-state index contributed by atoms with van der Waals surface area (Å²) in [4.78, 5) is 14.4. The SMILES string of the molecule is C[NH+](CC(=O)Nc1cc(C(C)(C)C)no1)Cc1cccs1. The van der Waals surface area contributed by atoms with Crippen LogP contribution < -0.4 is 10.2 Å². The average molecular weight is 308 g/mol. The van der Waals surface area contributed by atoms with E-state index in [2.05, 4.69) is 37.3 Å². The van der Waals surface area contributed by atoms with Crippen molar-refractivity contribution < 1.29 is 14.2 Å². The number of amides is 1. The molecule has 2 aromatic rings. The van der Waals surface area contributed by atoms with E-state index < -0.39 is 0 Å². The molecule has 1 amide bonds. The van der Waals surface area contributed by atoms with Crippen LogP contribution in [-0.4, -0.2) is 24.7 Å². The number of hydrogen-bond donors (Lipinski definition) is 2. The number of quaternary nitrogens is 1. The molecule has 21 heavy (non-hydrogen) atoms. The first-order valence-electron chi connectivity index (χ1n) is 6.95. The summed E-state index contributed by atoms with van der Waals surface area (Å²) in [6.07, 6.45) is 0. The number of hydrogen-bond acceptors (Lipinski definition) is 4. The molecule has 0 aromatic carbocycles. The van der Waals surface area contributed by atoms with Gasteiger partial charge in [0.05, 0.1) is 17.6 Å². The number of nitrogens with one attached hydrogen (secondary N) is 2. The lowest BCUT2D eigenvalue weighted by Crippen LogP contribution is -3.08. The molecule has 0 aliphatic rings. The molecule has 0 bridgehead atoms. The molecule has 2 heterocycles. The van der Waals surface area contributed by atoms with Crippen molar-refractivity contribution in [3.63, 3.8) is 0 Å². The summed E-state index contributed by atoms with van der Waals surface area (Å²) in [5, 5.41) is 8.79. The molecule has 1 atom stereocenters. The Hall–Kier alpha value is -1.66. The zero-order valence-electron chi connectivity index (χ0n) is 12.9. The van der Waals surface area contributed by atoms with Crippen LogP contribution in [0.1, 0.15) is 31.3 Å². The van der Waals surface area contributed by atoms with Crippen LogP contribution in [0.5, 0.6) is 0 Å². The van der Waals surface area contributed by atoms with Crippen LogP contribution in [0.2, 0.25) is 0 Å². The highest BCUT2D eigenvalue weighted by molar-refractivity contribution is 7.09. The molecule has 2 rings (SSSR count). The van der Waals surface area contributed by atoms with Crippen LogP contribution >= 0.6 is 11.3 Å². The van der Waals surface area contributed by atoms with E-state index in [4.69, 9.17) is 4.52 Å². The first-order valence-corrected chi connectivity index (χ1v) is 7.83. The molecular formula is C15H22N3O2S+. The standard InChI is InChI=1S/C15H21N3O2S/c1-15(2,3)12-8-14(20-17-12)16-13(19)10-18(4)9-11-6-5-7-21-11/h5-8H,9-10H2,1-4H3,(H,16,19)/p+1. The van der Waals surface area contributed by atoms with Crippen LogP contribution in [0.25, 0.3) is 0 Å². The predicted octanol–water partition coefficient (Wildman–Crippen LogP) is 1.69. The Morgan fingerprint density at radius 2 is 2.24 bits per heavy atom. The zero-order chi connectivity index (χ0) is 15.5. The highest BCUT2D eigenvalue weighted by Crippen LogP contribution is 2.23. The molecule has 0 aliphatic carbocycles. The summed E-state index contributed by atoms with van der Waals surface area (Å²) in [6, 6.07) is 5.89. The lowest BCUT2D eigenvalue weighted by molar-refractivity contribution is -0.884. The van der Waals surface area contributed by atoms with E-state index in [0.29, 0.717) is 12.4 Å². The molecule has 6 heteroatoms. The molecule has 0 saturated carbocycles. The van der Waals surface area contributed by atoms with Crippen LogP contribution in [0.4, 0.5) is 5.88 Å². The van der Waals surface area contributed by atoms with E-state index in [1.165, 1.54) is 4.88 Å². The van der Waals surface area contributed by atoms with E-state index in [1.807, 2.05) is 18.5 Å². The number of rotatable bonds is 5. The van der Waals surface area contributed by atoms with E-state index >= 15 is 0 Å². The Balaban J connectivity index is 1.85. The maximum atomic E-state index is 12.0. The highest BCUT2D eigenvalue weighted by Gasteiger charge is 2.20. The van der Waals surface area contributed by atoms with Crippen LogP contribution in [0.3, 0.4) is 0 Å². The molecule has 1 unspecified atom stereocenters. The third-order valence-electron chi connectivity index (χ3n) is 3.06. The number of carbonyl (C=O) groups excluding carboxylic acids is 1. The molecule has 0 aliphatic heterocycles. The second-order valence-corrected chi connectivity index (χ2v) is 7.30. The Labute approximate surface area is 128 Å². The minimum absolute atomic E-state index is 0.0688. The van der Waals surface area contributed by atoms with Gasteiger partial charge < -0.3 is 9.42 Å². The largest absolute Gasteiger partial charge is 0.338 e. The molecule has 2 aromatic heterocycles. The van der Waals surface area contributed by atoms with Gasteiger partial charge in [-0.2, -0.15) is 0 Å². The predicted molar refractivity (Wildman–Crippen MR) is 83.6 cm³/mol. The number of carbonyl (C=O) groups is 1. The van der Waals surface area contributed by atoms with Gasteiger partial charge in [-0.05, 0) is 11.4 Å². The summed E-state index contributed by atoms with van der Waals surface area (Å²) in [5.74, 6) is 0.342. The second-order valence-electron chi connectivity index (χ2n) is 6.26. The van der Waals surface area contributed by atoms with Gasteiger partial charge in [0.1, 0.15) is 6.54 Å². The molecule has 114 valence electrons. The summed E-state index contributed by atoms with van der Waals surface area (Å²) in [5.41, 5.74) is 0.741. The van der Waals surface area contributed by atoms with Crippen molar-refractivity contribution in [1.82, 2.24) is 5.16 Å². The van der Waals surface area contributed by atoms with Gasteiger partial charge >= 0.3 is 0 Å². The first kappa shape index (κ1) is 15.7. The van der Waals surface area contributed by atoms with Crippen molar-refractivity contribution in [2.24, 2.45) is 0 Å². The van der Waals surface area contributed by atoms with Crippen LogP contribution in [-0.2, 0) is 16.8 Å². The molecule has 2 N–H and O–H groups in total. The van der Waals surface area contributed by atoms with Gasteiger partial charge in [0.2, 0.25) is 5.88 Å². The first-order chi connectivity index (χ1) is 9.84. The number of aromatic nitrogens is 1. The summed E-state index contributed by atoms with van der Waals surface area (Å²) >= 11 is 1.71. The Kier molecular flexibility index (Phi) is 4.80. The lowest BCUT2D eigenvalue weighted by Gasteiger charge is -2.12. The van der Waals surface area contributed by atoms with Crippen molar-refractivity contribution in [2.75, 3.05) is 18.9 Å². The maximum absolute atomic E-state index is 12.0. The minimum Gasteiger partial charge on any atom is -0.338 e. The number of likely N-dealkylation sites (N-methyl/N-ethyl adjacent to an activating group) is 1. The van der Waals surface area contributed by atoms with E-state index in [1.54, 1.807) is 17.4 Å². The fourth-order valence-electron chi connectivity index (χ4n) is 1.92. The number of thiophene rings is 1. The fourth-order valence-corrected chi connectivity index (χ4v) is 2.74. The molecule has 5 nitrogen and oxygen atoms in total. The minimum atomic E-state index is -0.0896. The van der Waals surface area contributed by atoms with Crippen molar-refractivity contribution in [1.29, 1.82) is 0 Å². The monoisotopic (exact) mass is 308 g/mol. The zero-order valence-corrected chi connectivity index (χ0v) is 13.7. The van der Waals surface area contributed by atoms with E-state index in [0.717, 1.165) is 17.1 Å². The molecule has 0 fully saturated rings. The van der Waals surface area contributed by atoms with Gasteiger partial charge in [-0.15, -0.1) is 11.3 Å². The summed E-state index contributed by atoms with van der Waals surface area (Å²) in [7, 11) is 2.00. The third-order valence-corrected chi connectivity index (χ3v) is 3.94. The van der Waals surface area contributed by atoms with Crippen molar-refractivity contribution >= 4 is 23.1 Å². The van der Waals surface area contributed by atoms with Gasteiger partial charge in [0.15, 0.2) is 6.54 Å².